The zero-order chi connectivity index (χ0) is 58.6. The molecule has 2 heterocycles. The van der Waals surface area contributed by atoms with Crippen LogP contribution in [0.1, 0.15) is 21.9 Å². The lowest BCUT2D eigenvalue weighted by Crippen LogP contribution is -2.88. The van der Waals surface area contributed by atoms with Crippen LogP contribution in [0, 0.1) is 0 Å². The Hall–Kier alpha value is -7.47. The van der Waals surface area contributed by atoms with Crippen LogP contribution in [0.2, 0.25) is 0 Å². The Bertz CT molecular complexity index is 4210. The second kappa shape index (κ2) is 17.1. The summed E-state index contributed by atoms with van der Waals surface area (Å²) in [6.07, 6.45) is 0. The highest BCUT2D eigenvalue weighted by atomic mass is 28.5. The molecule has 1 saturated heterocycles. The number of hydrogen-bond donors (Lipinski definition) is 0. The van der Waals surface area contributed by atoms with Gasteiger partial charge in [0.1, 0.15) is 0 Å². The topological polar surface area (TPSA) is 32.6 Å². The third-order valence-electron chi connectivity index (χ3n) is 12.0. The van der Waals surface area contributed by atoms with Gasteiger partial charge in [0.15, 0.2) is 0 Å². The molecule has 1 aromatic heterocycles. The van der Waals surface area contributed by atoms with Crippen LogP contribution in [-0.2, 0) is 12.3 Å². The quantitative estimate of drug-likeness (QED) is 0.135. The van der Waals surface area contributed by atoms with Crippen molar-refractivity contribution in [3.8, 4) is 27.9 Å². The fraction of sp³-hybridized carbons (Fsp3) is 0. The lowest BCUT2D eigenvalue weighted by molar-refractivity contribution is 0.268. The fourth-order valence-electron chi connectivity index (χ4n) is 9.06. The molecule has 4 nitrogen and oxygen atoms in total. The van der Waals surface area contributed by atoms with Crippen molar-refractivity contribution in [2.45, 2.75) is 0 Å². The smallest absolute Gasteiger partial charge is 0.390 e. The molecule has 11 aromatic rings. The first kappa shape index (κ1) is 27.2. The molecule has 12 rings (SSSR count). The number of fused-ring (bicyclic) bond motifs is 3. The Kier molecular flexibility index (Phi) is 6.94. The molecule has 0 amide bonds. The maximum Gasteiger partial charge on any atom is 0.390 e. The Morgan fingerprint density at radius 1 is 0.313 bits per heavy atom. The van der Waals surface area contributed by atoms with Crippen molar-refractivity contribution in [3.63, 3.8) is 0 Å². The lowest BCUT2D eigenvalue weighted by Gasteiger charge is -2.53. The standard InChI is InChI=1S/C60H45NO3Si3/c1-6-26-47(27-7-1)65(48-28-8-2-9-29-48)62-66(49-30-10-3-11-31-49,50-32-12-4-13-33-50)64-67(63-65,51-34-14-5-15-35-51)52-36-24-25-46(45-52)53-37-16-17-38-54(53)55-39-18-21-42-58(55)61-59-43-22-19-40-56(59)57-41-20-23-44-60(57)61/h1-45H/i16D,17D,18D,19D,20D,21D,22D,23D,37D,38D,39D,40D,41D,42D,43D,44D. The van der Waals surface area contributed by atoms with E-state index in [4.69, 9.17) is 21.9 Å². The van der Waals surface area contributed by atoms with Crippen LogP contribution in [0.25, 0.3) is 49.7 Å². The van der Waals surface area contributed by atoms with Crippen molar-refractivity contribution in [3.05, 3.63) is 273 Å². The first-order chi connectivity index (χ1) is 39.8. The van der Waals surface area contributed by atoms with Crippen molar-refractivity contribution in [1.29, 1.82) is 0 Å². The monoisotopic (exact) mass is 927 g/mol. The van der Waals surface area contributed by atoms with Crippen LogP contribution < -0.4 is 31.1 Å². The molecule has 0 bridgehead atoms. The highest BCUT2D eigenvalue weighted by Gasteiger charge is 2.67. The average molecular weight is 928 g/mol. The van der Waals surface area contributed by atoms with E-state index < -0.39 is 150 Å². The van der Waals surface area contributed by atoms with Gasteiger partial charge in [-0.25, -0.2) is 0 Å². The highest BCUT2D eigenvalue weighted by molar-refractivity contribution is 7.16. The lowest BCUT2D eigenvalue weighted by atomic mass is 9.93. The van der Waals surface area contributed by atoms with Gasteiger partial charge in [0.05, 0.1) is 38.7 Å². The minimum atomic E-state index is -4.41. The molecular formula is C60H45NO3Si3. The molecule has 7 heteroatoms. The Labute approximate surface area is 416 Å². The molecule has 0 atom stereocenters. The molecule has 0 N–H and O–H groups in total. The summed E-state index contributed by atoms with van der Waals surface area (Å²) in [6.45, 7) is 0. The van der Waals surface area contributed by atoms with Gasteiger partial charge in [0, 0.05) is 16.3 Å². The zero-order valence-corrected chi connectivity index (χ0v) is 38.4. The summed E-state index contributed by atoms with van der Waals surface area (Å²) >= 11 is 0. The maximum absolute atomic E-state index is 9.87. The number of nitrogens with zero attached hydrogens (tertiary/aromatic N) is 1. The molecule has 0 saturated carbocycles. The van der Waals surface area contributed by atoms with Crippen molar-refractivity contribution < 1.29 is 34.3 Å². The highest BCUT2D eigenvalue weighted by Crippen LogP contribution is 2.40. The molecule has 0 aliphatic carbocycles. The number of hydrogen-bond acceptors (Lipinski definition) is 3. The Balaban J connectivity index is 1.23. The largest absolute Gasteiger partial charge is 0.402 e. The minimum absolute atomic E-state index is 0.119. The van der Waals surface area contributed by atoms with E-state index in [2.05, 4.69) is 0 Å². The molecule has 10 aromatic carbocycles. The molecule has 320 valence electrons. The Morgan fingerprint density at radius 2 is 0.657 bits per heavy atom. The zero-order valence-electron chi connectivity index (χ0n) is 51.4. The summed E-state index contributed by atoms with van der Waals surface area (Å²) < 4.78 is 173. The van der Waals surface area contributed by atoms with Crippen molar-refractivity contribution >= 4 is 78.6 Å². The van der Waals surface area contributed by atoms with Crippen molar-refractivity contribution in [2.75, 3.05) is 0 Å². The summed E-state index contributed by atoms with van der Waals surface area (Å²) in [5, 5.41) is 3.45. The molecular weight excluding hydrogens is 867 g/mol. The third kappa shape index (κ3) is 6.91. The molecule has 1 aliphatic rings. The van der Waals surface area contributed by atoms with E-state index in [9.17, 15) is 12.3 Å². The van der Waals surface area contributed by atoms with E-state index >= 15 is 0 Å². The molecule has 1 aliphatic heterocycles. The SMILES string of the molecule is [2H]c1c([2H])c([2H])c(-c2c([2H])c([2H])c([2H])c([2H])c2-n2c3c([2H])c([2H])c([2H])c([2H])c3c3c([2H])c([2H])c([2H])c([2H])c32)c(-c2cccc([Si]3(c4ccccc4)O[Si](c4ccccc4)(c4ccccc4)O[Si](c4ccccc4)(c4ccccc4)O3)c2)c1[2H]. The van der Waals surface area contributed by atoms with Gasteiger partial charge in [0.2, 0.25) is 0 Å². The van der Waals surface area contributed by atoms with Gasteiger partial charge < -0.3 is 16.9 Å². The van der Waals surface area contributed by atoms with E-state index in [-0.39, 0.29) is 21.9 Å². The number of para-hydroxylation sites is 3. The van der Waals surface area contributed by atoms with Crippen LogP contribution in [0.15, 0.2) is 273 Å². The van der Waals surface area contributed by atoms with E-state index in [1.165, 1.54) is 0 Å². The first-order valence-corrected chi connectivity index (χ1v) is 27.0. The first-order valence-electron chi connectivity index (χ1n) is 29.5. The van der Waals surface area contributed by atoms with Crippen molar-refractivity contribution in [2.24, 2.45) is 0 Å². The normalized spacial score (nSPS) is 18.4. The molecule has 0 radical (unpaired) electrons. The van der Waals surface area contributed by atoms with E-state index in [1.54, 1.807) is 18.2 Å². The molecule has 67 heavy (non-hydrogen) atoms. The van der Waals surface area contributed by atoms with E-state index in [0.717, 1.165) is 25.3 Å². The summed E-state index contributed by atoms with van der Waals surface area (Å²) in [4.78, 5) is 0. The Morgan fingerprint density at radius 3 is 1.10 bits per heavy atom. The van der Waals surface area contributed by atoms with Gasteiger partial charge in [-0.15, -0.1) is 0 Å². The van der Waals surface area contributed by atoms with Crippen LogP contribution in [0.4, 0.5) is 0 Å². The van der Waals surface area contributed by atoms with Crippen LogP contribution in [0.5, 0.6) is 0 Å². The summed E-state index contributed by atoms with van der Waals surface area (Å²) in [5.41, 5.74) is -2.68. The number of rotatable bonds is 9. The predicted octanol–water partition coefficient (Wildman–Crippen LogP) is 10.3. The molecule has 1 fully saturated rings. The van der Waals surface area contributed by atoms with Crippen molar-refractivity contribution in [1.82, 2.24) is 4.57 Å². The van der Waals surface area contributed by atoms with Gasteiger partial charge >= 0.3 is 25.7 Å². The summed E-state index contributed by atoms with van der Waals surface area (Å²) in [7, 11) is -12.6. The molecule has 0 spiro atoms. The number of benzene rings is 10. The minimum Gasteiger partial charge on any atom is -0.402 e. The predicted molar refractivity (Wildman–Crippen MR) is 282 cm³/mol. The molecule has 0 unspecified atom stereocenters. The van der Waals surface area contributed by atoms with Gasteiger partial charge in [-0.05, 0) is 65.9 Å². The average Bonchev–Trinajstić information content (AvgIpc) is 3.20. The van der Waals surface area contributed by atoms with Gasteiger partial charge in [0.25, 0.3) is 0 Å². The fourth-order valence-corrected chi connectivity index (χ4v) is 26.0. The van der Waals surface area contributed by atoms with E-state index in [1.807, 2.05) is 158 Å². The summed E-state index contributed by atoms with van der Waals surface area (Å²) in [6, 6.07) is 43.1. The maximum atomic E-state index is 9.87. The summed E-state index contributed by atoms with van der Waals surface area (Å²) in [5.74, 6) is 0. The van der Waals surface area contributed by atoms with E-state index in [0.29, 0.717) is 10.4 Å². The van der Waals surface area contributed by atoms with Gasteiger partial charge in [-0.1, -0.05) is 254 Å². The van der Waals surface area contributed by atoms with Gasteiger partial charge in [-0.2, -0.15) is 0 Å². The third-order valence-corrected chi connectivity index (χ3v) is 25.5. The van der Waals surface area contributed by atoms with Gasteiger partial charge in [-0.3, -0.25) is 0 Å². The number of aromatic nitrogens is 1. The van der Waals surface area contributed by atoms with Crippen LogP contribution >= 0.6 is 0 Å². The van der Waals surface area contributed by atoms with Crippen LogP contribution in [-0.4, -0.2) is 30.2 Å². The second-order valence-corrected chi connectivity index (χ2v) is 25.4. The second-order valence-electron chi connectivity index (χ2n) is 15.8. The van der Waals surface area contributed by atoms with Crippen LogP contribution in [0.3, 0.4) is 0 Å².